The van der Waals surface area contributed by atoms with Crippen molar-refractivity contribution in [1.29, 1.82) is 0 Å². The number of carboxylic acids is 1. The van der Waals surface area contributed by atoms with Gasteiger partial charge in [0.15, 0.2) is 0 Å². The first kappa shape index (κ1) is 17.9. The molecule has 2 aromatic rings. The monoisotopic (exact) mass is 360 g/mol. The van der Waals surface area contributed by atoms with Crippen LogP contribution in [0.15, 0.2) is 24.3 Å². The number of rotatable bonds is 6. The van der Waals surface area contributed by atoms with Gasteiger partial charge in [0, 0.05) is 13.5 Å². The molecule has 1 aromatic carbocycles. The van der Waals surface area contributed by atoms with E-state index >= 15 is 0 Å². The number of hydrogen-bond donors (Lipinski definition) is 1. The molecule has 134 valence electrons. The minimum absolute atomic E-state index is 0.0783. The molecule has 1 N–H and O–H groups in total. The number of aryl methyl sites for hydroxylation is 1. The average Bonchev–Trinajstić information content (AvgIpc) is 3.04. The molecule has 0 unspecified atom stereocenters. The van der Waals surface area contributed by atoms with Gasteiger partial charge in [0.2, 0.25) is 5.91 Å². The van der Waals surface area contributed by atoms with Crippen LogP contribution in [-0.4, -0.2) is 39.5 Å². The van der Waals surface area contributed by atoms with Gasteiger partial charge >= 0.3 is 5.97 Å². The highest BCUT2D eigenvalue weighted by Gasteiger charge is 2.45. The maximum absolute atomic E-state index is 12.6. The van der Waals surface area contributed by atoms with Crippen LogP contribution < -0.4 is 0 Å². The number of thiazole rings is 1. The van der Waals surface area contributed by atoms with E-state index in [0.717, 1.165) is 40.9 Å². The van der Waals surface area contributed by atoms with Crippen LogP contribution in [0.2, 0.25) is 0 Å². The molecule has 1 saturated carbocycles. The van der Waals surface area contributed by atoms with E-state index in [-0.39, 0.29) is 5.91 Å². The molecule has 5 nitrogen and oxygen atoms in total. The summed E-state index contributed by atoms with van der Waals surface area (Å²) in [4.78, 5) is 30.5. The number of carbonyl (C=O) groups is 2. The number of amides is 1. The summed E-state index contributed by atoms with van der Waals surface area (Å²) in [6.45, 7) is 0. The van der Waals surface area contributed by atoms with Gasteiger partial charge in [-0.1, -0.05) is 31.4 Å². The van der Waals surface area contributed by atoms with Crippen molar-refractivity contribution in [3.05, 3.63) is 29.3 Å². The van der Waals surface area contributed by atoms with Gasteiger partial charge in [-0.15, -0.1) is 11.3 Å². The van der Waals surface area contributed by atoms with Crippen LogP contribution in [0.3, 0.4) is 0 Å². The molecule has 0 aliphatic heterocycles. The molecule has 1 aliphatic carbocycles. The van der Waals surface area contributed by atoms with Gasteiger partial charge in [0.1, 0.15) is 5.54 Å². The smallest absolute Gasteiger partial charge is 0.329 e. The molecular formula is C19H24N2O3S. The lowest BCUT2D eigenvalue weighted by Gasteiger charge is -2.41. The summed E-state index contributed by atoms with van der Waals surface area (Å²) >= 11 is 1.66. The lowest BCUT2D eigenvalue weighted by atomic mass is 9.80. The van der Waals surface area contributed by atoms with E-state index in [4.69, 9.17) is 0 Å². The first-order valence-electron chi connectivity index (χ1n) is 8.87. The van der Waals surface area contributed by atoms with Crippen LogP contribution >= 0.6 is 11.3 Å². The zero-order valence-electron chi connectivity index (χ0n) is 14.5. The van der Waals surface area contributed by atoms with E-state index in [1.54, 1.807) is 18.4 Å². The van der Waals surface area contributed by atoms with Crippen molar-refractivity contribution in [3.8, 4) is 0 Å². The molecular weight excluding hydrogens is 336 g/mol. The number of para-hydroxylation sites is 1. The van der Waals surface area contributed by atoms with Crippen molar-refractivity contribution >= 4 is 33.4 Å². The molecule has 3 rings (SSSR count). The predicted molar refractivity (Wildman–Crippen MR) is 98.8 cm³/mol. The Morgan fingerprint density at radius 2 is 1.96 bits per heavy atom. The number of carboxylic acid groups (broad SMARTS) is 1. The highest BCUT2D eigenvalue weighted by atomic mass is 32.1. The lowest BCUT2D eigenvalue weighted by Crippen LogP contribution is -2.56. The lowest BCUT2D eigenvalue weighted by molar-refractivity contribution is -0.160. The van der Waals surface area contributed by atoms with E-state index < -0.39 is 11.5 Å². The Balaban J connectivity index is 1.58. The largest absolute Gasteiger partial charge is 0.479 e. The Morgan fingerprint density at radius 1 is 1.24 bits per heavy atom. The van der Waals surface area contributed by atoms with E-state index in [0.29, 0.717) is 25.7 Å². The molecule has 1 amide bonds. The quantitative estimate of drug-likeness (QED) is 0.849. The molecule has 0 saturated heterocycles. The van der Waals surface area contributed by atoms with Crippen LogP contribution in [0.4, 0.5) is 0 Å². The molecule has 0 spiro atoms. The minimum Gasteiger partial charge on any atom is -0.479 e. The van der Waals surface area contributed by atoms with Gasteiger partial charge in [-0.2, -0.15) is 0 Å². The molecule has 1 aromatic heterocycles. The number of aromatic nitrogens is 1. The number of aliphatic carboxylic acids is 1. The molecule has 1 aliphatic rings. The SMILES string of the molecule is CN(C(=O)CCCc1nc2ccccc2s1)C1(C(=O)O)CCCCC1. The first-order chi connectivity index (χ1) is 12.0. The van der Waals surface area contributed by atoms with Crippen molar-refractivity contribution < 1.29 is 14.7 Å². The van der Waals surface area contributed by atoms with Crippen molar-refractivity contribution in [2.24, 2.45) is 0 Å². The molecule has 1 fully saturated rings. The highest BCUT2D eigenvalue weighted by molar-refractivity contribution is 7.18. The second kappa shape index (κ2) is 7.52. The summed E-state index contributed by atoms with van der Waals surface area (Å²) in [5.41, 5.74) is -0.0106. The normalized spacial score (nSPS) is 16.7. The van der Waals surface area contributed by atoms with Crippen molar-refractivity contribution in [3.63, 3.8) is 0 Å². The summed E-state index contributed by atoms with van der Waals surface area (Å²) in [5.74, 6) is -0.945. The fraction of sp³-hybridized carbons (Fsp3) is 0.526. The van der Waals surface area contributed by atoms with Crippen LogP contribution in [0.5, 0.6) is 0 Å². The van der Waals surface area contributed by atoms with Crippen LogP contribution in [-0.2, 0) is 16.0 Å². The van der Waals surface area contributed by atoms with Gasteiger partial charge < -0.3 is 10.0 Å². The Kier molecular flexibility index (Phi) is 5.37. The third kappa shape index (κ3) is 3.68. The Hall–Kier alpha value is -1.95. The van der Waals surface area contributed by atoms with Crippen LogP contribution in [0, 0.1) is 0 Å². The molecule has 6 heteroatoms. The number of hydrogen-bond acceptors (Lipinski definition) is 4. The van der Waals surface area contributed by atoms with Crippen molar-refractivity contribution in [2.45, 2.75) is 56.9 Å². The molecule has 0 bridgehead atoms. The average molecular weight is 360 g/mol. The standard InChI is InChI=1S/C19H24N2O3S/c1-21(19(18(23)24)12-5-2-6-13-19)17(22)11-7-10-16-20-14-8-3-4-9-15(14)25-16/h3-4,8-9H,2,5-7,10-13H2,1H3,(H,23,24). The van der Waals surface area contributed by atoms with E-state index in [2.05, 4.69) is 11.1 Å². The third-order valence-corrected chi connectivity index (χ3v) is 6.31. The Labute approximate surface area is 151 Å². The topological polar surface area (TPSA) is 70.5 Å². The summed E-state index contributed by atoms with van der Waals surface area (Å²) in [5, 5.41) is 10.7. The summed E-state index contributed by atoms with van der Waals surface area (Å²) in [6.07, 6.45) is 5.71. The van der Waals surface area contributed by atoms with Crippen LogP contribution in [0.1, 0.15) is 50.0 Å². The predicted octanol–water partition coefficient (Wildman–Crippen LogP) is 3.86. The molecule has 0 atom stereocenters. The highest BCUT2D eigenvalue weighted by Crippen LogP contribution is 2.34. The van der Waals surface area contributed by atoms with Crippen molar-refractivity contribution in [1.82, 2.24) is 9.88 Å². The maximum atomic E-state index is 12.6. The zero-order valence-corrected chi connectivity index (χ0v) is 15.3. The number of carbonyl (C=O) groups excluding carboxylic acids is 1. The number of fused-ring (bicyclic) bond motifs is 1. The van der Waals surface area contributed by atoms with E-state index in [9.17, 15) is 14.7 Å². The van der Waals surface area contributed by atoms with E-state index in [1.165, 1.54) is 4.90 Å². The summed E-state index contributed by atoms with van der Waals surface area (Å²) in [7, 11) is 1.65. The summed E-state index contributed by atoms with van der Waals surface area (Å²) in [6, 6.07) is 8.02. The maximum Gasteiger partial charge on any atom is 0.329 e. The van der Waals surface area contributed by atoms with Crippen molar-refractivity contribution in [2.75, 3.05) is 7.05 Å². The number of likely N-dealkylation sites (N-methyl/N-ethyl adjacent to an activating group) is 1. The van der Waals surface area contributed by atoms with Gasteiger partial charge in [-0.25, -0.2) is 9.78 Å². The second-order valence-electron chi connectivity index (χ2n) is 6.78. The molecule has 25 heavy (non-hydrogen) atoms. The van der Waals surface area contributed by atoms with E-state index in [1.807, 2.05) is 18.2 Å². The zero-order chi connectivity index (χ0) is 17.9. The second-order valence-corrected chi connectivity index (χ2v) is 7.89. The minimum atomic E-state index is -1.01. The first-order valence-corrected chi connectivity index (χ1v) is 9.69. The Morgan fingerprint density at radius 3 is 2.64 bits per heavy atom. The number of benzene rings is 1. The van der Waals surface area contributed by atoms with Gasteiger partial charge in [-0.05, 0) is 37.8 Å². The van der Waals surface area contributed by atoms with Gasteiger partial charge in [-0.3, -0.25) is 4.79 Å². The Bertz CT molecular complexity index is 732. The third-order valence-electron chi connectivity index (χ3n) is 5.21. The fourth-order valence-electron chi connectivity index (χ4n) is 3.65. The fourth-order valence-corrected chi connectivity index (χ4v) is 4.66. The molecule has 0 radical (unpaired) electrons. The van der Waals surface area contributed by atoms with Gasteiger partial charge in [0.05, 0.1) is 15.2 Å². The van der Waals surface area contributed by atoms with Crippen LogP contribution in [0.25, 0.3) is 10.2 Å². The number of nitrogens with zero attached hydrogens (tertiary/aromatic N) is 2. The van der Waals surface area contributed by atoms with Gasteiger partial charge in [0.25, 0.3) is 0 Å². The summed E-state index contributed by atoms with van der Waals surface area (Å²) < 4.78 is 1.16. The molecule has 1 heterocycles.